The third-order valence-corrected chi connectivity index (χ3v) is 1.09. The molecule has 0 aliphatic rings. The largest absolute Gasteiger partial charge is 0.366 e. The SMILES string of the molecule is NCC(N)(Cl)C(O)O. The van der Waals surface area contributed by atoms with Crippen LogP contribution in [0.3, 0.4) is 0 Å². The minimum atomic E-state index is -1.77. The van der Waals surface area contributed by atoms with E-state index in [1.807, 2.05) is 0 Å². The Hall–Kier alpha value is 0.130. The van der Waals surface area contributed by atoms with Gasteiger partial charge in [-0.3, -0.25) is 0 Å². The maximum atomic E-state index is 8.30. The maximum absolute atomic E-state index is 8.30. The van der Waals surface area contributed by atoms with Crippen LogP contribution >= 0.6 is 11.6 Å². The number of hydrogen-bond donors (Lipinski definition) is 4. The first-order valence-electron chi connectivity index (χ1n) is 2.04. The van der Waals surface area contributed by atoms with Crippen molar-refractivity contribution in [1.29, 1.82) is 0 Å². The molecule has 0 bridgehead atoms. The molecule has 0 fully saturated rings. The molecule has 5 heteroatoms. The Morgan fingerprint density at radius 3 is 2.00 bits per heavy atom. The van der Waals surface area contributed by atoms with Crippen molar-refractivity contribution in [2.45, 2.75) is 11.3 Å². The van der Waals surface area contributed by atoms with Crippen molar-refractivity contribution < 1.29 is 10.2 Å². The molecule has 0 rings (SSSR count). The number of aliphatic hydroxyl groups excluding tert-OH is 1. The van der Waals surface area contributed by atoms with E-state index in [9.17, 15) is 0 Å². The molecule has 4 nitrogen and oxygen atoms in total. The average molecular weight is 141 g/mol. The van der Waals surface area contributed by atoms with E-state index in [0.29, 0.717) is 0 Å². The van der Waals surface area contributed by atoms with Gasteiger partial charge in [-0.25, -0.2) is 0 Å². The fourth-order valence-electron chi connectivity index (χ4n) is 0.105. The molecular weight excluding hydrogens is 131 g/mol. The van der Waals surface area contributed by atoms with Gasteiger partial charge in [-0.15, -0.1) is 0 Å². The summed E-state index contributed by atoms with van der Waals surface area (Å²) in [5.41, 5.74) is 9.93. The van der Waals surface area contributed by atoms with Crippen LogP contribution in [0.15, 0.2) is 0 Å². The van der Waals surface area contributed by atoms with Gasteiger partial charge in [0.25, 0.3) is 0 Å². The Balaban J connectivity index is 3.71. The minimum Gasteiger partial charge on any atom is -0.366 e. The van der Waals surface area contributed by atoms with Gasteiger partial charge in [0, 0.05) is 6.54 Å². The molecule has 0 aliphatic carbocycles. The highest BCUT2D eigenvalue weighted by molar-refractivity contribution is 6.24. The smallest absolute Gasteiger partial charge is 0.185 e. The zero-order valence-electron chi connectivity index (χ0n) is 4.21. The van der Waals surface area contributed by atoms with Gasteiger partial charge >= 0.3 is 0 Å². The molecule has 0 amide bonds. The minimum absolute atomic E-state index is 0.174. The van der Waals surface area contributed by atoms with Gasteiger partial charge in [-0.05, 0) is 0 Å². The standard InChI is InChI=1S/C3H9ClN2O2/c4-3(6,1-5)2(7)8/h2,7-8H,1,5-6H2. The second-order valence-electron chi connectivity index (χ2n) is 1.50. The van der Waals surface area contributed by atoms with Gasteiger partial charge in [-0.2, -0.15) is 0 Å². The fourth-order valence-corrected chi connectivity index (χ4v) is 0.105. The maximum Gasteiger partial charge on any atom is 0.185 e. The summed E-state index contributed by atoms with van der Waals surface area (Å²) in [6, 6.07) is 0. The van der Waals surface area contributed by atoms with Crippen molar-refractivity contribution in [3.63, 3.8) is 0 Å². The second-order valence-corrected chi connectivity index (χ2v) is 2.21. The van der Waals surface area contributed by atoms with E-state index in [-0.39, 0.29) is 6.54 Å². The van der Waals surface area contributed by atoms with E-state index in [0.717, 1.165) is 0 Å². The first-order valence-corrected chi connectivity index (χ1v) is 2.42. The summed E-state index contributed by atoms with van der Waals surface area (Å²) in [7, 11) is 0. The molecule has 0 aromatic carbocycles. The van der Waals surface area contributed by atoms with E-state index in [4.69, 9.17) is 33.3 Å². The lowest BCUT2D eigenvalue weighted by Gasteiger charge is -2.20. The number of nitrogens with two attached hydrogens (primary N) is 2. The molecule has 0 saturated heterocycles. The number of aliphatic hydroxyl groups is 2. The van der Waals surface area contributed by atoms with Crippen LogP contribution in [-0.4, -0.2) is 28.0 Å². The van der Waals surface area contributed by atoms with E-state index in [2.05, 4.69) is 0 Å². The van der Waals surface area contributed by atoms with Crippen LogP contribution in [0.4, 0.5) is 0 Å². The van der Waals surface area contributed by atoms with E-state index in [1.54, 1.807) is 0 Å². The van der Waals surface area contributed by atoms with Crippen molar-refractivity contribution in [3.05, 3.63) is 0 Å². The van der Waals surface area contributed by atoms with Gasteiger partial charge in [-0.1, -0.05) is 11.6 Å². The van der Waals surface area contributed by atoms with E-state index < -0.39 is 11.3 Å². The van der Waals surface area contributed by atoms with Crippen molar-refractivity contribution in [2.75, 3.05) is 6.54 Å². The second kappa shape index (κ2) is 2.61. The van der Waals surface area contributed by atoms with E-state index >= 15 is 0 Å². The topological polar surface area (TPSA) is 92.5 Å². The molecule has 1 unspecified atom stereocenters. The molecule has 0 spiro atoms. The molecule has 0 aromatic heterocycles. The zero-order valence-corrected chi connectivity index (χ0v) is 4.97. The van der Waals surface area contributed by atoms with Crippen LogP contribution in [0.1, 0.15) is 0 Å². The average Bonchev–Trinajstić information content (AvgIpc) is 1.67. The Labute approximate surface area is 52.0 Å². The van der Waals surface area contributed by atoms with Gasteiger partial charge in [0.2, 0.25) is 0 Å². The number of alkyl halides is 1. The summed E-state index contributed by atoms with van der Waals surface area (Å²) in [6.45, 7) is -0.174. The molecule has 0 aromatic rings. The van der Waals surface area contributed by atoms with Crippen LogP contribution in [-0.2, 0) is 0 Å². The van der Waals surface area contributed by atoms with Crippen molar-refractivity contribution >= 4 is 11.6 Å². The highest BCUT2D eigenvalue weighted by Gasteiger charge is 2.27. The lowest BCUT2D eigenvalue weighted by atomic mass is 10.3. The zero-order chi connectivity index (χ0) is 6.78. The molecule has 8 heavy (non-hydrogen) atoms. The third kappa shape index (κ3) is 1.94. The van der Waals surface area contributed by atoms with Crippen LogP contribution in [0, 0.1) is 0 Å². The van der Waals surface area contributed by atoms with E-state index in [1.165, 1.54) is 0 Å². The lowest BCUT2D eigenvalue weighted by Crippen LogP contribution is -2.51. The van der Waals surface area contributed by atoms with Crippen LogP contribution in [0.25, 0.3) is 0 Å². The molecular formula is C3H9ClN2O2. The summed E-state index contributed by atoms with van der Waals surface area (Å²) in [5, 5.41) is 16.6. The third-order valence-electron chi connectivity index (χ3n) is 0.742. The molecule has 0 saturated carbocycles. The van der Waals surface area contributed by atoms with Gasteiger partial charge < -0.3 is 21.7 Å². The van der Waals surface area contributed by atoms with Gasteiger partial charge in [0.15, 0.2) is 11.3 Å². The monoisotopic (exact) mass is 140 g/mol. The summed E-state index contributed by atoms with van der Waals surface area (Å²) in [5.74, 6) is 0. The van der Waals surface area contributed by atoms with Crippen molar-refractivity contribution in [2.24, 2.45) is 11.5 Å². The molecule has 0 heterocycles. The summed E-state index contributed by atoms with van der Waals surface area (Å²) < 4.78 is 0. The lowest BCUT2D eigenvalue weighted by molar-refractivity contribution is -0.0681. The quantitative estimate of drug-likeness (QED) is 0.206. The number of hydrogen-bond acceptors (Lipinski definition) is 4. The normalized spacial score (nSPS) is 18.8. The Kier molecular flexibility index (Phi) is 2.65. The molecule has 0 aliphatic heterocycles. The Morgan fingerprint density at radius 1 is 1.62 bits per heavy atom. The first kappa shape index (κ1) is 8.13. The predicted molar refractivity (Wildman–Crippen MR) is 30.1 cm³/mol. The molecule has 50 valence electrons. The van der Waals surface area contributed by atoms with Crippen LogP contribution in [0.2, 0.25) is 0 Å². The van der Waals surface area contributed by atoms with Crippen molar-refractivity contribution in [1.82, 2.24) is 0 Å². The molecule has 1 atom stereocenters. The summed E-state index contributed by atoms with van der Waals surface area (Å²) in [6.07, 6.45) is -1.77. The molecule has 6 N–H and O–H groups in total. The fraction of sp³-hybridized carbons (Fsp3) is 1.00. The predicted octanol–water partition coefficient (Wildman–Crippen LogP) is -1.85. The summed E-state index contributed by atoms with van der Waals surface area (Å²) >= 11 is 5.21. The van der Waals surface area contributed by atoms with Gasteiger partial charge in [0.05, 0.1) is 0 Å². The summed E-state index contributed by atoms with van der Waals surface area (Å²) in [4.78, 5) is -1.60. The Morgan fingerprint density at radius 2 is 2.00 bits per heavy atom. The highest BCUT2D eigenvalue weighted by Crippen LogP contribution is 2.07. The Bertz CT molecular complexity index is 75.7. The van der Waals surface area contributed by atoms with Gasteiger partial charge in [0.1, 0.15) is 0 Å². The van der Waals surface area contributed by atoms with Crippen LogP contribution in [0.5, 0.6) is 0 Å². The number of halogens is 1. The molecule has 0 radical (unpaired) electrons. The highest BCUT2D eigenvalue weighted by atomic mass is 35.5. The number of rotatable bonds is 2. The first-order chi connectivity index (χ1) is 3.50. The van der Waals surface area contributed by atoms with Crippen molar-refractivity contribution in [3.8, 4) is 0 Å². The van der Waals surface area contributed by atoms with Crippen LogP contribution < -0.4 is 11.5 Å².